The average molecular weight is 396 g/mol. The van der Waals surface area contributed by atoms with Crippen molar-refractivity contribution in [3.8, 4) is 5.75 Å². The predicted octanol–water partition coefficient (Wildman–Crippen LogP) is 4.55. The molecule has 2 rings (SSSR count). The molecule has 0 fully saturated rings. The summed E-state index contributed by atoms with van der Waals surface area (Å²) >= 11 is 0. The van der Waals surface area contributed by atoms with E-state index in [1.165, 1.54) is 0 Å². The Hall–Kier alpha value is -3.35. The Labute approximate surface area is 169 Å². The molecule has 2 atom stereocenters. The van der Waals surface area contributed by atoms with Crippen molar-refractivity contribution in [2.45, 2.75) is 39.3 Å². The van der Waals surface area contributed by atoms with E-state index < -0.39 is 18.0 Å². The Bertz CT molecular complexity index is 875. The van der Waals surface area contributed by atoms with Gasteiger partial charge in [-0.1, -0.05) is 38.1 Å². The van der Waals surface area contributed by atoms with Gasteiger partial charge in [0.1, 0.15) is 5.75 Å². The van der Waals surface area contributed by atoms with Crippen LogP contribution in [-0.4, -0.2) is 28.7 Å². The van der Waals surface area contributed by atoms with Crippen LogP contribution in [0.2, 0.25) is 0 Å². The quantitative estimate of drug-likeness (QED) is 0.427. The van der Waals surface area contributed by atoms with Gasteiger partial charge in [0.05, 0.1) is 6.54 Å². The first-order valence-electron chi connectivity index (χ1n) is 9.34. The largest absolute Gasteiger partial charge is 0.479 e. The number of rotatable bonds is 11. The number of carbonyl (C=O) groups excluding carboxylic acids is 2. The molecule has 0 aliphatic carbocycles. The molecule has 0 aliphatic heterocycles. The third kappa shape index (κ3) is 6.07. The molecule has 0 radical (unpaired) electrons. The molecule has 2 unspecified atom stereocenters. The van der Waals surface area contributed by atoms with E-state index in [4.69, 9.17) is 15.4 Å². The molecule has 2 N–H and O–H groups in total. The number of nitrogens with one attached hydrogen (secondary N) is 1. The van der Waals surface area contributed by atoms with Gasteiger partial charge in [-0.15, -0.1) is 0 Å². The Balaban J connectivity index is 1.99. The SMILES string of the molecule is CCC(Oc1ccc(C(=O)C(C)CC(=O)c2ccc(CN=N)cc2)cc1)C(=O)O. The van der Waals surface area contributed by atoms with Crippen molar-refractivity contribution in [3.63, 3.8) is 0 Å². The summed E-state index contributed by atoms with van der Waals surface area (Å²) in [5.74, 6) is -1.47. The fraction of sp³-hybridized carbons (Fsp3) is 0.318. The summed E-state index contributed by atoms with van der Waals surface area (Å²) in [5.41, 5.74) is 8.66. The van der Waals surface area contributed by atoms with Gasteiger partial charge in [0.2, 0.25) is 0 Å². The number of Topliss-reactive ketones (excluding diaryl/α,β-unsaturated/α-hetero) is 2. The predicted molar refractivity (Wildman–Crippen MR) is 107 cm³/mol. The third-order valence-corrected chi connectivity index (χ3v) is 4.54. The van der Waals surface area contributed by atoms with Crippen molar-refractivity contribution in [2.24, 2.45) is 11.0 Å². The Morgan fingerprint density at radius 1 is 1.03 bits per heavy atom. The molecule has 2 aromatic rings. The second-order valence-electron chi connectivity index (χ2n) is 6.78. The second kappa shape index (κ2) is 10.3. The van der Waals surface area contributed by atoms with Gasteiger partial charge in [0.25, 0.3) is 0 Å². The van der Waals surface area contributed by atoms with Crippen LogP contribution < -0.4 is 4.74 Å². The minimum atomic E-state index is -1.04. The number of carboxylic acids is 1. The van der Waals surface area contributed by atoms with Gasteiger partial charge < -0.3 is 9.84 Å². The zero-order chi connectivity index (χ0) is 21.4. The highest BCUT2D eigenvalue weighted by Gasteiger charge is 2.21. The number of carboxylic acid groups (broad SMARTS) is 1. The minimum absolute atomic E-state index is 0.0795. The smallest absolute Gasteiger partial charge is 0.344 e. The van der Waals surface area contributed by atoms with E-state index in [1.807, 2.05) is 0 Å². The molecule has 7 heteroatoms. The van der Waals surface area contributed by atoms with Gasteiger partial charge in [-0.3, -0.25) is 9.59 Å². The third-order valence-electron chi connectivity index (χ3n) is 4.54. The van der Waals surface area contributed by atoms with Gasteiger partial charge in [-0.2, -0.15) is 5.11 Å². The topological polar surface area (TPSA) is 117 Å². The van der Waals surface area contributed by atoms with Crippen LogP contribution in [0.4, 0.5) is 0 Å². The van der Waals surface area contributed by atoms with Gasteiger partial charge >= 0.3 is 5.97 Å². The van der Waals surface area contributed by atoms with Crippen LogP contribution in [0.25, 0.3) is 0 Å². The van der Waals surface area contributed by atoms with E-state index in [2.05, 4.69) is 5.11 Å². The minimum Gasteiger partial charge on any atom is -0.479 e. The summed E-state index contributed by atoms with van der Waals surface area (Å²) in [6.45, 7) is 3.69. The summed E-state index contributed by atoms with van der Waals surface area (Å²) in [6.07, 6.45) is -0.529. The molecule has 0 bridgehead atoms. The van der Waals surface area contributed by atoms with Gasteiger partial charge in [-0.25, -0.2) is 10.3 Å². The zero-order valence-electron chi connectivity index (χ0n) is 16.4. The van der Waals surface area contributed by atoms with Crippen LogP contribution in [0.5, 0.6) is 5.75 Å². The number of hydrogen-bond acceptors (Lipinski definition) is 6. The van der Waals surface area contributed by atoms with Crippen molar-refractivity contribution >= 4 is 17.5 Å². The lowest BCUT2D eigenvalue weighted by Gasteiger charge is -2.14. The van der Waals surface area contributed by atoms with Crippen molar-refractivity contribution in [1.29, 1.82) is 5.53 Å². The molecule has 0 heterocycles. The van der Waals surface area contributed by atoms with E-state index >= 15 is 0 Å². The van der Waals surface area contributed by atoms with Gasteiger partial charge in [0, 0.05) is 23.5 Å². The lowest BCUT2D eigenvalue weighted by Crippen LogP contribution is -2.25. The second-order valence-corrected chi connectivity index (χ2v) is 6.78. The number of ether oxygens (including phenoxy) is 1. The monoisotopic (exact) mass is 396 g/mol. The number of hydrogen-bond donors (Lipinski definition) is 2. The van der Waals surface area contributed by atoms with Crippen LogP contribution in [0.3, 0.4) is 0 Å². The van der Waals surface area contributed by atoms with Crippen LogP contribution in [0.15, 0.2) is 53.6 Å². The van der Waals surface area contributed by atoms with E-state index in [0.29, 0.717) is 23.3 Å². The lowest BCUT2D eigenvalue weighted by atomic mass is 9.92. The molecule has 152 valence electrons. The number of aliphatic carboxylic acids is 1. The Kier molecular flexibility index (Phi) is 7.77. The van der Waals surface area contributed by atoms with Gasteiger partial charge in [-0.05, 0) is 36.2 Å². The molecular weight excluding hydrogens is 372 g/mol. The molecule has 2 aromatic carbocycles. The molecule has 29 heavy (non-hydrogen) atoms. The van der Waals surface area contributed by atoms with Crippen molar-refractivity contribution < 1.29 is 24.2 Å². The molecule has 0 saturated carbocycles. The van der Waals surface area contributed by atoms with E-state index in [-0.39, 0.29) is 24.5 Å². The van der Waals surface area contributed by atoms with Crippen molar-refractivity contribution in [2.75, 3.05) is 0 Å². The molecular formula is C22H24N2O5. The van der Waals surface area contributed by atoms with Crippen molar-refractivity contribution in [3.05, 3.63) is 65.2 Å². The highest BCUT2D eigenvalue weighted by atomic mass is 16.5. The summed E-state index contributed by atoms with van der Waals surface area (Å²) in [7, 11) is 0. The number of nitrogens with zero attached hydrogens (tertiary/aromatic N) is 1. The number of benzene rings is 2. The first-order valence-corrected chi connectivity index (χ1v) is 9.34. The molecule has 0 aromatic heterocycles. The summed E-state index contributed by atoms with van der Waals surface area (Å²) in [5, 5.41) is 12.3. The highest BCUT2D eigenvalue weighted by molar-refractivity contribution is 6.03. The molecule has 0 aliphatic rings. The Morgan fingerprint density at radius 3 is 2.14 bits per heavy atom. The molecule has 0 spiro atoms. The summed E-state index contributed by atoms with van der Waals surface area (Å²) in [4.78, 5) is 36.1. The number of carbonyl (C=O) groups is 3. The zero-order valence-corrected chi connectivity index (χ0v) is 16.4. The fourth-order valence-electron chi connectivity index (χ4n) is 2.83. The molecule has 0 amide bonds. The fourth-order valence-corrected chi connectivity index (χ4v) is 2.83. The van der Waals surface area contributed by atoms with E-state index in [1.54, 1.807) is 62.4 Å². The van der Waals surface area contributed by atoms with Crippen molar-refractivity contribution in [1.82, 2.24) is 0 Å². The number of ketones is 2. The normalized spacial score (nSPS) is 12.6. The van der Waals surface area contributed by atoms with E-state index in [0.717, 1.165) is 5.56 Å². The van der Waals surface area contributed by atoms with Crippen LogP contribution in [0.1, 0.15) is 53.0 Å². The summed E-state index contributed by atoms with van der Waals surface area (Å²) in [6, 6.07) is 13.1. The highest BCUT2D eigenvalue weighted by Crippen LogP contribution is 2.20. The maximum Gasteiger partial charge on any atom is 0.344 e. The van der Waals surface area contributed by atoms with E-state index in [9.17, 15) is 14.4 Å². The first-order chi connectivity index (χ1) is 13.8. The average Bonchev–Trinajstić information content (AvgIpc) is 2.72. The summed E-state index contributed by atoms with van der Waals surface area (Å²) < 4.78 is 5.39. The maximum atomic E-state index is 12.6. The molecule has 7 nitrogen and oxygen atoms in total. The van der Waals surface area contributed by atoms with Crippen LogP contribution in [-0.2, 0) is 11.3 Å². The van der Waals surface area contributed by atoms with Gasteiger partial charge in [0.15, 0.2) is 17.7 Å². The lowest BCUT2D eigenvalue weighted by molar-refractivity contribution is -0.145. The Morgan fingerprint density at radius 2 is 1.62 bits per heavy atom. The molecule has 0 saturated heterocycles. The standard InChI is InChI=1S/C22H24N2O5/c1-3-20(22(27)28)29-18-10-8-17(9-11-18)21(26)14(2)12-19(25)16-6-4-15(5-7-16)13-24-23/h4-11,14,20,23H,3,12-13H2,1-2H3,(H,27,28). The first kappa shape index (κ1) is 21.9. The maximum absolute atomic E-state index is 12.6. The van der Waals surface area contributed by atoms with Crippen LogP contribution in [0, 0.1) is 11.4 Å². The van der Waals surface area contributed by atoms with Crippen LogP contribution >= 0.6 is 0 Å².